The summed E-state index contributed by atoms with van der Waals surface area (Å²) in [5.41, 5.74) is 4.51. The van der Waals surface area contributed by atoms with Crippen LogP contribution in [0.2, 0.25) is 0 Å². The van der Waals surface area contributed by atoms with Crippen LogP contribution in [0.3, 0.4) is 0 Å². The van der Waals surface area contributed by atoms with Crippen molar-refractivity contribution in [3.05, 3.63) is 0 Å². The van der Waals surface area contributed by atoms with Crippen LogP contribution in [0.5, 0.6) is 0 Å². The number of hydrogen-bond donors (Lipinski definition) is 3. The molecule has 0 heterocycles. The molecule has 116 valence electrons. The van der Waals surface area contributed by atoms with Gasteiger partial charge in [-0.25, -0.2) is 0 Å². The van der Waals surface area contributed by atoms with Gasteiger partial charge in [0.05, 0.1) is 6.54 Å². The highest BCUT2D eigenvalue weighted by Gasteiger charge is 2.39. The number of carbonyl (C=O) groups is 2. The first kappa shape index (κ1) is 18.2. The first-order chi connectivity index (χ1) is 9.22. The maximum absolute atomic E-state index is 12.5. The molecule has 4 N–H and O–H groups in total. The summed E-state index contributed by atoms with van der Waals surface area (Å²) in [5, 5.41) is 14.5. The van der Waals surface area contributed by atoms with E-state index in [1.54, 1.807) is 20.8 Å². The van der Waals surface area contributed by atoms with E-state index in [9.17, 15) is 9.59 Å². The van der Waals surface area contributed by atoms with Gasteiger partial charge in [-0.1, -0.05) is 12.1 Å². The third-order valence-electron chi connectivity index (χ3n) is 3.31. The number of rotatable bonds is 7. The zero-order valence-corrected chi connectivity index (χ0v) is 12.9. The van der Waals surface area contributed by atoms with Gasteiger partial charge in [0.2, 0.25) is 11.8 Å². The van der Waals surface area contributed by atoms with Crippen LogP contribution in [0.25, 0.3) is 0 Å². The minimum Gasteiger partial charge on any atom is -0.409 e. The monoisotopic (exact) mass is 286 g/mol. The maximum atomic E-state index is 12.5. The van der Waals surface area contributed by atoms with Gasteiger partial charge in [-0.15, -0.1) is 0 Å². The second kappa shape index (κ2) is 7.72. The molecule has 0 aliphatic carbocycles. The van der Waals surface area contributed by atoms with Crippen LogP contribution in [-0.2, 0) is 9.59 Å². The summed E-state index contributed by atoms with van der Waals surface area (Å²) < 4.78 is 0. The van der Waals surface area contributed by atoms with Gasteiger partial charge in [-0.2, -0.15) is 0 Å². The number of hydrogen-bond acceptors (Lipinski definition) is 4. The number of likely N-dealkylation sites (N-methyl/N-ethyl adjacent to an activating group) is 1. The van der Waals surface area contributed by atoms with Gasteiger partial charge in [0.15, 0.2) is 5.84 Å². The SMILES string of the molecule is CCN(CC(=O)NC(C)C)C(=O)C(C)(CC)C(N)=NO. The molecule has 0 aliphatic rings. The number of nitrogens with one attached hydrogen (secondary N) is 1. The third-order valence-corrected chi connectivity index (χ3v) is 3.31. The van der Waals surface area contributed by atoms with E-state index >= 15 is 0 Å². The van der Waals surface area contributed by atoms with Crippen molar-refractivity contribution in [2.24, 2.45) is 16.3 Å². The van der Waals surface area contributed by atoms with E-state index in [1.807, 2.05) is 13.8 Å². The predicted molar refractivity (Wildman–Crippen MR) is 77.3 cm³/mol. The number of nitrogens with two attached hydrogens (primary N) is 1. The van der Waals surface area contributed by atoms with Gasteiger partial charge in [0, 0.05) is 12.6 Å². The summed E-state index contributed by atoms with van der Waals surface area (Å²) in [7, 11) is 0. The second-order valence-electron chi connectivity index (χ2n) is 5.21. The van der Waals surface area contributed by atoms with Gasteiger partial charge >= 0.3 is 0 Å². The van der Waals surface area contributed by atoms with Gasteiger partial charge in [-0.05, 0) is 34.1 Å². The fraction of sp³-hybridized carbons (Fsp3) is 0.769. The van der Waals surface area contributed by atoms with Gasteiger partial charge in [0.25, 0.3) is 0 Å². The lowest BCUT2D eigenvalue weighted by Gasteiger charge is -2.32. The summed E-state index contributed by atoms with van der Waals surface area (Å²) in [6, 6.07) is 0.0120. The minimum atomic E-state index is -1.11. The molecule has 0 aromatic heterocycles. The van der Waals surface area contributed by atoms with E-state index < -0.39 is 5.41 Å². The number of oxime groups is 1. The van der Waals surface area contributed by atoms with Crippen LogP contribution >= 0.6 is 0 Å². The summed E-state index contributed by atoms with van der Waals surface area (Å²) in [6.07, 6.45) is 0.379. The van der Waals surface area contributed by atoms with Crippen molar-refractivity contribution >= 4 is 17.6 Å². The van der Waals surface area contributed by atoms with Crippen LogP contribution < -0.4 is 11.1 Å². The van der Waals surface area contributed by atoms with Crippen molar-refractivity contribution in [1.29, 1.82) is 0 Å². The highest BCUT2D eigenvalue weighted by atomic mass is 16.4. The van der Waals surface area contributed by atoms with E-state index in [0.29, 0.717) is 13.0 Å². The first-order valence-electron chi connectivity index (χ1n) is 6.79. The molecule has 7 nitrogen and oxygen atoms in total. The molecule has 0 rings (SSSR count). The Morgan fingerprint density at radius 2 is 1.95 bits per heavy atom. The number of carbonyl (C=O) groups excluding carboxylic acids is 2. The van der Waals surface area contributed by atoms with Crippen molar-refractivity contribution in [3.8, 4) is 0 Å². The van der Waals surface area contributed by atoms with Crippen LogP contribution in [0.1, 0.15) is 41.0 Å². The lowest BCUT2D eigenvalue weighted by molar-refractivity contribution is -0.141. The largest absolute Gasteiger partial charge is 0.409 e. The van der Waals surface area contributed by atoms with Crippen molar-refractivity contribution in [3.63, 3.8) is 0 Å². The number of amides is 2. The fourth-order valence-corrected chi connectivity index (χ4v) is 1.77. The topological polar surface area (TPSA) is 108 Å². The van der Waals surface area contributed by atoms with Crippen molar-refractivity contribution < 1.29 is 14.8 Å². The average molecular weight is 286 g/mol. The third kappa shape index (κ3) is 4.40. The highest BCUT2D eigenvalue weighted by Crippen LogP contribution is 2.24. The summed E-state index contributed by atoms with van der Waals surface area (Å²) >= 11 is 0. The maximum Gasteiger partial charge on any atom is 0.239 e. The van der Waals surface area contributed by atoms with E-state index in [1.165, 1.54) is 4.90 Å². The zero-order valence-electron chi connectivity index (χ0n) is 12.9. The summed E-state index contributed by atoms with van der Waals surface area (Å²) in [6.45, 7) is 9.19. The molecule has 7 heteroatoms. The highest BCUT2D eigenvalue weighted by molar-refractivity contribution is 6.06. The normalized spacial score (nSPS) is 14.8. The first-order valence-corrected chi connectivity index (χ1v) is 6.79. The van der Waals surface area contributed by atoms with Crippen molar-refractivity contribution in [2.75, 3.05) is 13.1 Å². The Balaban J connectivity index is 5.06. The molecule has 0 saturated carbocycles. The van der Waals surface area contributed by atoms with Crippen LogP contribution in [0.4, 0.5) is 0 Å². The Kier molecular flexibility index (Phi) is 7.02. The lowest BCUT2D eigenvalue weighted by Crippen LogP contribution is -2.52. The molecule has 0 bridgehead atoms. The lowest BCUT2D eigenvalue weighted by atomic mass is 9.84. The summed E-state index contributed by atoms with van der Waals surface area (Å²) in [4.78, 5) is 25.7. The predicted octanol–water partition coefficient (Wildman–Crippen LogP) is 0.522. The number of nitrogens with zero attached hydrogens (tertiary/aromatic N) is 2. The zero-order chi connectivity index (χ0) is 15.9. The molecule has 2 amide bonds. The fourth-order valence-electron chi connectivity index (χ4n) is 1.77. The number of amidine groups is 1. The van der Waals surface area contributed by atoms with Crippen molar-refractivity contribution in [1.82, 2.24) is 10.2 Å². The molecular formula is C13H26N4O3. The van der Waals surface area contributed by atoms with Gasteiger partial charge in [-0.3, -0.25) is 9.59 Å². The molecule has 20 heavy (non-hydrogen) atoms. The van der Waals surface area contributed by atoms with E-state index in [0.717, 1.165) is 0 Å². The van der Waals surface area contributed by atoms with Crippen molar-refractivity contribution in [2.45, 2.75) is 47.1 Å². The van der Waals surface area contributed by atoms with Crippen LogP contribution in [0.15, 0.2) is 5.16 Å². The van der Waals surface area contributed by atoms with E-state index in [2.05, 4.69) is 10.5 Å². The Morgan fingerprint density at radius 1 is 1.40 bits per heavy atom. The standard InChI is InChI=1S/C13H26N4O3/c1-6-13(5,11(14)16-20)12(19)17(7-2)8-10(18)15-9(3)4/h9,20H,6-8H2,1-5H3,(H2,14,16)(H,15,18). The molecule has 0 aliphatic heterocycles. The van der Waals surface area contributed by atoms with Crippen LogP contribution in [0, 0.1) is 5.41 Å². The minimum absolute atomic E-state index is 0.0120. The Bertz CT molecular complexity index is 382. The smallest absolute Gasteiger partial charge is 0.239 e. The van der Waals surface area contributed by atoms with Gasteiger partial charge < -0.3 is 21.2 Å². The van der Waals surface area contributed by atoms with Crippen LogP contribution in [-0.4, -0.2) is 46.9 Å². The molecule has 0 aromatic carbocycles. The molecular weight excluding hydrogens is 260 g/mol. The molecule has 0 spiro atoms. The Labute approximate surface area is 120 Å². The molecule has 1 atom stereocenters. The van der Waals surface area contributed by atoms with E-state index in [4.69, 9.17) is 10.9 Å². The molecule has 0 fully saturated rings. The molecule has 0 saturated heterocycles. The molecule has 0 aromatic rings. The van der Waals surface area contributed by atoms with Gasteiger partial charge in [0.1, 0.15) is 5.41 Å². The Hall–Kier alpha value is -1.79. The molecule has 0 radical (unpaired) electrons. The average Bonchev–Trinajstić information content (AvgIpc) is 2.41. The Morgan fingerprint density at radius 3 is 2.30 bits per heavy atom. The summed E-state index contributed by atoms with van der Waals surface area (Å²) in [5.74, 6) is -0.697. The molecule has 1 unspecified atom stereocenters. The second-order valence-corrected chi connectivity index (χ2v) is 5.21. The van der Waals surface area contributed by atoms with E-state index in [-0.39, 0.29) is 30.2 Å². The quantitative estimate of drug-likeness (QED) is 0.274.